The van der Waals surface area contributed by atoms with E-state index in [0.29, 0.717) is 31.7 Å². The predicted octanol–water partition coefficient (Wildman–Crippen LogP) is 3.82. The van der Waals surface area contributed by atoms with Gasteiger partial charge < -0.3 is 10.2 Å². The average molecular weight is 407 g/mol. The number of aryl methyl sites for hydroxylation is 1. The second kappa shape index (κ2) is 8.45. The lowest BCUT2D eigenvalue weighted by molar-refractivity contribution is 0.0951. The lowest BCUT2D eigenvalue weighted by Gasteiger charge is -2.17. The van der Waals surface area contributed by atoms with E-state index in [9.17, 15) is 9.59 Å². The molecule has 1 saturated heterocycles. The van der Waals surface area contributed by atoms with Crippen molar-refractivity contribution in [1.29, 1.82) is 0 Å². The van der Waals surface area contributed by atoms with Crippen molar-refractivity contribution in [3.05, 3.63) is 82.4 Å². The van der Waals surface area contributed by atoms with Gasteiger partial charge in [-0.05, 0) is 30.2 Å². The van der Waals surface area contributed by atoms with E-state index in [-0.39, 0.29) is 11.9 Å². The summed E-state index contributed by atoms with van der Waals surface area (Å²) in [6.45, 7) is 4.25. The largest absolute Gasteiger partial charge is 0.348 e. The Morgan fingerprint density at radius 2 is 1.83 bits per heavy atom. The smallest absolute Gasteiger partial charge is 0.326 e. The molecule has 29 heavy (non-hydrogen) atoms. The Morgan fingerprint density at radius 1 is 1.07 bits per heavy atom. The predicted molar refractivity (Wildman–Crippen MR) is 114 cm³/mol. The summed E-state index contributed by atoms with van der Waals surface area (Å²) < 4.78 is 0. The maximum absolute atomic E-state index is 12.7. The number of thiazole rings is 1. The van der Waals surface area contributed by atoms with E-state index in [0.717, 1.165) is 22.0 Å². The molecular formula is C22H22N4O2S. The fourth-order valence-corrected chi connectivity index (χ4v) is 4.06. The highest BCUT2D eigenvalue weighted by molar-refractivity contribution is 7.14. The quantitative estimate of drug-likeness (QED) is 0.677. The number of hydrogen-bond donors (Lipinski definition) is 1. The van der Waals surface area contributed by atoms with Crippen molar-refractivity contribution in [2.24, 2.45) is 0 Å². The van der Waals surface area contributed by atoms with Gasteiger partial charge in [-0.15, -0.1) is 11.3 Å². The molecule has 1 aliphatic heterocycles. The van der Waals surface area contributed by atoms with E-state index < -0.39 is 0 Å². The molecule has 0 bridgehead atoms. The van der Waals surface area contributed by atoms with Gasteiger partial charge >= 0.3 is 6.03 Å². The van der Waals surface area contributed by atoms with Crippen LogP contribution in [-0.4, -0.2) is 34.9 Å². The van der Waals surface area contributed by atoms with Crippen LogP contribution in [-0.2, 0) is 13.1 Å². The monoisotopic (exact) mass is 406 g/mol. The molecule has 1 N–H and O–H groups in total. The van der Waals surface area contributed by atoms with Crippen molar-refractivity contribution in [1.82, 2.24) is 15.2 Å². The Labute approximate surface area is 173 Å². The standard InChI is InChI=1S/C22H22N4O2S/c1-16-15-29-21(24-16)26-12-11-25(22(26)28)14-18-7-9-19(10-8-18)20(27)23-13-17-5-3-2-4-6-17/h2-10,15H,11-14H2,1H3,(H,23,27). The molecule has 0 atom stereocenters. The topological polar surface area (TPSA) is 65.5 Å². The summed E-state index contributed by atoms with van der Waals surface area (Å²) in [7, 11) is 0. The van der Waals surface area contributed by atoms with Crippen molar-refractivity contribution in [2.75, 3.05) is 18.0 Å². The summed E-state index contributed by atoms with van der Waals surface area (Å²) in [6.07, 6.45) is 0. The fourth-order valence-electron chi connectivity index (χ4n) is 3.23. The van der Waals surface area contributed by atoms with Crippen molar-refractivity contribution in [3.8, 4) is 0 Å². The number of carbonyl (C=O) groups excluding carboxylic acids is 2. The minimum Gasteiger partial charge on any atom is -0.348 e. The molecule has 0 spiro atoms. The molecule has 1 aliphatic rings. The Hall–Kier alpha value is -3.19. The maximum Gasteiger partial charge on any atom is 0.326 e. The molecule has 6 nitrogen and oxygen atoms in total. The van der Waals surface area contributed by atoms with Crippen LogP contribution in [0.1, 0.15) is 27.2 Å². The van der Waals surface area contributed by atoms with Crippen LogP contribution >= 0.6 is 11.3 Å². The average Bonchev–Trinajstić information content (AvgIpc) is 3.33. The molecule has 2 aromatic carbocycles. The Morgan fingerprint density at radius 3 is 2.52 bits per heavy atom. The first kappa shape index (κ1) is 19.1. The van der Waals surface area contributed by atoms with Crippen LogP contribution in [0.5, 0.6) is 0 Å². The number of carbonyl (C=O) groups is 2. The van der Waals surface area contributed by atoms with E-state index in [2.05, 4.69) is 10.3 Å². The summed E-state index contributed by atoms with van der Waals surface area (Å²) in [5.41, 5.74) is 3.59. The van der Waals surface area contributed by atoms with Crippen LogP contribution in [0.15, 0.2) is 60.0 Å². The third-order valence-electron chi connectivity index (χ3n) is 4.82. The summed E-state index contributed by atoms with van der Waals surface area (Å²) in [5.74, 6) is -0.108. The number of hydrogen-bond acceptors (Lipinski definition) is 4. The summed E-state index contributed by atoms with van der Waals surface area (Å²) >= 11 is 1.49. The van der Waals surface area contributed by atoms with Gasteiger partial charge in [-0.3, -0.25) is 9.69 Å². The number of rotatable bonds is 6. The summed E-state index contributed by atoms with van der Waals surface area (Å²) in [5, 5.41) is 5.63. The molecule has 0 unspecified atom stereocenters. The minimum atomic E-state index is -0.108. The lowest BCUT2D eigenvalue weighted by atomic mass is 10.1. The highest BCUT2D eigenvalue weighted by Crippen LogP contribution is 2.25. The van der Waals surface area contributed by atoms with Gasteiger partial charge in [0.1, 0.15) is 0 Å². The molecule has 0 radical (unpaired) electrons. The zero-order chi connectivity index (χ0) is 20.2. The molecular weight excluding hydrogens is 384 g/mol. The van der Waals surface area contributed by atoms with Crippen molar-refractivity contribution < 1.29 is 9.59 Å². The van der Waals surface area contributed by atoms with E-state index in [4.69, 9.17) is 0 Å². The SMILES string of the molecule is Cc1csc(N2CCN(Cc3ccc(C(=O)NCc4ccccc4)cc3)C2=O)n1. The van der Waals surface area contributed by atoms with Crippen molar-refractivity contribution in [2.45, 2.75) is 20.0 Å². The van der Waals surface area contributed by atoms with Crippen molar-refractivity contribution in [3.63, 3.8) is 0 Å². The van der Waals surface area contributed by atoms with Crippen LogP contribution in [0.2, 0.25) is 0 Å². The van der Waals surface area contributed by atoms with Crippen molar-refractivity contribution >= 4 is 28.4 Å². The van der Waals surface area contributed by atoms with Gasteiger partial charge in [-0.25, -0.2) is 9.78 Å². The minimum absolute atomic E-state index is 0.0240. The lowest BCUT2D eigenvalue weighted by Crippen LogP contribution is -2.31. The highest BCUT2D eigenvalue weighted by Gasteiger charge is 2.31. The fraction of sp³-hybridized carbons (Fsp3) is 0.227. The number of urea groups is 1. The van der Waals surface area contributed by atoms with E-state index >= 15 is 0 Å². The van der Waals surface area contributed by atoms with E-state index in [1.807, 2.05) is 54.8 Å². The first-order chi connectivity index (χ1) is 14.1. The van der Waals surface area contributed by atoms with E-state index in [1.54, 1.807) is 21.9 Å². The van der Waals surface area contributed by atoms with E-state index in [1.165, 1.54) is 11.3 Å². The number of nitrogens with zero attached hydrogens (tertiary/aromatic N) is 3. The first-order valence-electron chi connectivity index (χ1n) is 9.50. The number of benzene rings is 2. The second-order valence-corrected chi connectivity index (χ2v) is 7.83. The van der Waals surface area contributed by atoms with Gasteiger partial charge in [-0.2, -0.15) is 0 Å². The van der Waals surface area contributed by atoms with Crippen LogP contribution in [0.3, 0.4) is 0 Å². The molecule has 3 aromatic rings. The molecule has 7 heteroatoms. The Kier molecular flexibility index (Phi) is 5.57. The van der Waals surface area contributed by atoms with Gasteiger partial charge in [0.2, 0.25) is 0 Å². The third-order valence-corrected chi connectivity index (χ3v) is 5.80. The van der Waals surface area contributed by atoms with Gasteiger partial charge in [0.15, 0.2) is 5.13 Å². The number of anilines is 1. The summed E-state index contributed by atoms with van der Waals surface area (Å²) in [4.78, 5) is 32.9. The number of nitrogens with one attached hydrogen (secondary N) is 1. The van der Waals surface area contributed by atoms with Crippen LogP contribution in [0, 0.1) is 6.92 Å². The highest BCUT2D eigenvalue weighted by atomic mass is 32.1. The number of amides is 3. The molecule has 2 heterocycles. The zero-order valence-electron chi connectivity index (χ0n) is 16.2. The maximum atomic E-state index is 12.7. The molecule has 3 amide bonds. The molecule has 0 saturated carbocycles. The van der Waals surface area contributed by atoms with Crippen LogP contribution < -0.4 is 10.2 Å². The van der Waals surface area contributed by atoms with Gasteiger partial charge in [-0.1, -0.05) is 42.5 Å². The molecule has 0 aliphatic carbocycles. The van der Waals surface area contributed by atoms with Crippen LogP contribution in [0.4, 0.5) is 9.93 Å². The summed E-state index contributed by atoms with van der Waals surface area (Å²) in [6, 6.07) is 17.2. The number of aromatic nitrogens is 1. The first-order valence-corrected chi connectivity index (χ1v) is 10.4. The van der Waals surface area contributed by atoms with Gasteiger partial charge in [0.05, 0.1) is 5.69 Å². The third kappa shape index (κ3) is 4.46. The zero-order valence-corrected chi connectivity index (χ0v) is 17.0. The Bertz CT molecular complexity index is 1000. The molecule has 1 aromatic heterocycles. The molecule has 4 rings (SSSR count). The van der Waals surface area contributed by atoms with Gasteiger partial charge in [0.25, 0.3) is 5.91 Å². The molecule has 148 valence electrons. The Balaban J connectivity index is 1.33. The van der Waals surface area contributed by atoms with Crippen LogP contribution in [0.25, 0.3) is 0 Å². The second-order valence-electron chi connectivity index (χ2n) is 6.99. The van der Waals surface area contributed by atoms with Gasteiger partial charge in [0, 0.05) is 37.1 Å². The molecule has 1 fully saturated rings. The normalized spacial score (nSPS) is 13.8.